The van der Waals surface area contributed by atoms with Crippen LogP contribution in [0.15, 0.2) is 70.8 Å². The van der Waals surface area contributed by atoms with Crippen LogP contribution in [0.1, 0.15) is 12.0 Å². The lowest BCUT2D eigenvalue weighted by molar-refractivity contribution is -0.111. The van der Waals surface area contributed by atoms with Gasteiger partial charge in [-0.2, -0.15) is 0 Å². The molecular formula is C16H13BrO. The minimum Gasteiger partial charge on any atom is -0.289 e. The van der Waals surface area contributed by atoms with Gasteiger partial charge in [0.1, 0.15) is 0 Å². The Morgan fingerprint density at radius 3 is 2.72 bits per heavy atom. The Bertz CT molecular complexity index is 545. The van der Waals surface area contributed by atoms with Gasteiger partial charge in [0, 0.05) is 10.0 Å². The van der Waals surface area contributed by atoms with E-state index in [1.807, 2.05) is 60.7 Å². The van der Waals surface area contributed by atoms with Gasteiger partial charge in [-0.05, 0) is 30.2 Å². The predicted molar refractivity (Wildman–Crippen MR) is 79.2 cm³/mol. The third-order valence-electron chi connectivity index (χ3n) is 2.56. The van der Waals surface area contributed by atoms with Gasteiger partial charge in [0.2, 0.25) is 0 Å². The second-order valence-electron chi connectivity index (χ2n) is 3.94. The van der Waals surface area contributed by atoms with E-state index in [0.29, 0.717) is 0 Å². The van der Waals surface area contributed by atoms with Crippen molar-refractivity contribution in [3.63, 3.8) is 0 Å². The van der Waals surface area contributed by atoms with Crippen molar-refractivity contribution < 1.29 is 4.79 Å². The van der Waals surface area contributed by atoms with Crippen molar-refractivity contribution in [2.24, 2.45) is 0 Å². The van der Waals surface area contributed by atoms with E-state index in [1.165, 1.54) is 0 Å². The number of carbonyl (C=O) groups is 1. The average Bonchev–Trinajstić information content (AvgIpc) is 2.66. The first-order chi connectivity index (χ1) is 8.75. The zero-order valence-electron chi connectivity index (χ0n) is 9.84. The molecule has 0 amide bonds. The molecule has 0 unspecified atom stereocenters. The molecule has 2 rings (SSSR count). The summed E-state index contributed by atoms with van der Waals surface area (Å²) in [5, 5.41) is 0. The molecule has 1 nitrogen and oxygen atoms in total. The fraction of sp³-hybridized carbons (Fsp3) is 0.0625. The maximum Gasteiger partial charge on any atom is 0.185 e. The zero-order valence-corrected chi connectivity index (χ0v) is 11.4. The smallest absolute Gasteiger partial charge is 0.185 e. The van der Waals surface area contributed by atoms with Gasteiger partial charge >= 0.3 is 0 Å². The van der Waals surface area contributed by atoms with Crippen molar-refractivity contribution in [3.05, 3.63) is 76.3 Å². The molecule has 0 bridgehead atoms. The minimum absolute atomic E-state index is 0.0284. The summed E-state index contributed by atoms with van der Waals surface area (Å²) in [6, 6.07) is 7.84. The zero-order chi connectivity index (χ0) is 12.8. The molecule has 0 N–H and O–H groups in total. The summed E-state index contributed by atoms with van der Waals surface area (Å²) in [7, 11) is 0. The largest absolute Gasteiger partial charge is 0.289 e. The number of benzene rings is 1. The summed E-state index contributed by atoms with van der Waals surface area (Å²) < 4.78 is 1.03. The van der Waals surface area contributed by atoms with Gasteiger partial charge in [0.15, 0.2) is 5.78 Å². The first kappa shape index (κ1) is 12.8. The third-order valence-corrected chi connectivity index (χ3v) is 3.09. The molecule has 1 aromatic carbocycles. The molecule has 1 aromatic rings. The number of carbonyl (C=O) groups excluding carboxylic acids is 1. The van der Waals surface area contributed by atoms with Crippen LogP contribution >= 0.6 is 15.9 Å². The van der Waals surface area contributed by atoms with Crippen molar-refractivity contribution in [2.75, 3.05) is 0 Å². The number of halogens is 1. The fourth-order valence-corrected chi connectivity index (χ4v) is 1.85. The van der Waals surface area contributed by atoms with E-state index in [9.17, 15) is 4.79 Å². The number of hydrogen-bond donors (Lipinski definition) is 0. The summed E-state index contributed by atoms with van der Waals surface area (Å²) in [4.78, 5) is 11.9. The molecule has 90 valence electrons. The van der Waals surface area contributed by atoms with Crippen LogP contribution in [0.3, 0.4) is 0 Å². The van der Waals surface area contributed by atoms with Gasteiger partial charge in [-0.1, -0.05) is 64.5 Å². The van der Waals surface area contributed by atoms with Crippen LogP contribution in [0, 0.1) is 0 Å². The highest BCUT2D eigenvalue weighted by Gasteiger charge is 2.02. The molecule has 0 atom stereocenters. The van der Waals surface area contributed by atoms with Crippen molar-refractivity contribution in [3.8, 4) is 0 Å². The lowest BCUT2D eigenvalue weighted by atomic mass is 10.1. The van der Waals surface area contributed by atoms with Crippen molar-refractivity contribution in [1.82, 2.24) is 0 Å². The van der Waals surface area contributed by atoms with Crippen LogP contribution in [0.4, 0.5) is 0 Å². The van der Waals surface area contributed by atoms with Crippen molar-refractivity contribution in [1.29, 1.82) is 0 Å². The van der Waals surface area contributed by atoms with Crippen LogP contribution < -0.4 is 0 Å². The Balaban J connectivity index is 2.09. The molecule has 0 aliphatic heterocycles. The predicted octanol–water partition coefficient (Wildman–Crippen LogP) is 4.47. The quantitative estimate of drug-likeness (QED) is 0.753. The van der Waals surface area contributed by atoms with Gasteiger partial charge in [0.05, 0.1) is 0 Å². The first-order valence-corrected chi connectivity index (χ1v) is 6.56. The second kappa shape index (κ2) is 6.31. The van der Waals surface area contributed by atoms with Crippen LogP contribution in [-0.4, -0.2) is 5.78 Å². The summed E-state index contributed by atoms with van der Waals surface area (Å²) in [5.41, 5.74) is 1.73. The molecule has 1 aliphatic rings. The molecule has 0 spiro atoms. The molecule has 0 heterocycles. The van der Waals surface area contributed by atoms with E-state index < -0.39 is 0 Å². The summed E-state index contributed by atoms with van der Waals surface area (Å²) in [6.07, 6.45) is 14.0. The summed E-state index contributed by atoms with van der Waals surface area (Å²) >= 11 is 3.38. The molecule has 0 saturated carbocycles. The lowest BCUT2D eigenvalue weighted by Crippen LogP contribution is -1.94. The van der Waals surface area contributed by atoms with Gasteiger partial charge in [0.25, 0.3) is 0 Å². The molecule has 0 saturated heterocycles. The molecule has 0 radical (unpaired) electrons. The highest BCUT2D eigenvalue weighted by molar-refractivity contribution is 9.10. The minimum atomic E-state index is 0.0284. The molecule has 1 aliphatic carbocycles. The Kier molecular flexibility index (Phi) is 4.48. The molecule has 0 aromatic heterocycles. The van der Waals surface area contributed by atoms with E-state index in [2.05, 4.69) is 15.9 Å². The monoisotopic (exact) mass is 300 g/mol. The van der Waals surface area contributed by atoms with Crippen LogP contribution in [-0.2, 0) is 4.79 Å². The number of rotatable bonds is 3. The Hall–Kier alpha value is -1.67. The van der Waals surface area contributed by atoms with E-state index in [1.54, 1.807) is 6.08 Å². The Morgan fingerprint density at radius 2 is 1.94 bits per heavy atom. The highest BCUT2D eigenvalue weighted by atomic mass is 79.9. The second-order valence-corrected chi connectivity index (χ2v) is 4.85. The number of ketones is 1. The maximum atomic E-state index is 11.9. The van der Waals surface area contributed by atoms with Crippen LogP contribution in [0.25, 0.3) is 6.08 Å². The van der Waals surface area contributed by atoms with Gasteiger partial charge in [-0.25, -0.2) is 0 Å². The van der Waals surface area contributed by atoms with E-state index in [-0.39, 0.29) is 5.78 Å². The van der Waals surface area contributed by atoms with Gasteiger partial charge < -0.3 is 0 Å². The fourth-order valence-electron chi connectivity index (χ4n) is 1.59. The molecule has 2 heteroatoms. The highest BCUT2D eigenvalue weighted by Crippen LogP contribution is 2.12. The van der Waals surface area contributed by atoms with Gasteiger partial charge in [-0.3, -0.25) is 4.79 Å². The van der Waals surface area contributed by atoms with Gasteiger partial charge in [-0.15, -0.1) is 0 Å². The first-order valence-electron chi connectivity index (χ1n) is 5.77. The van der Waals surface area contributed by atoms with Crippen LogP contribution in [0.2, 0.25) is 0 Å². The van der Waals surface area contributed by atoms with E-state index in [0.717, 1.165) is 22.0 Å². The van der Waals surface area contributed by atoms with E-state index >= 15 is 0 Å². The topological polar surface area (TPSA) is 17.1 Å². The van der Waals surface area contributed by atoms with E-state index in [4.69, 9.17) is 0 Å². The normalized spacial score (nSPS) is 14.6. The Morgan fingerprint density at radius 1 is 1.17 bits per heavy atom. The standard InChI is InChI=1S/C16H13BrO/c17-15-10-7-13(8-11-15)9-12-16(18)14-5-3-1-2-4-6-14/h1,3-12H,2H2/b12-9+. The Labute approximate surface area is 115 Å². The maximum absolute atomic E-state index is 11.9. The summed E-state index contributed by atoms with van der Waals surface area (Å²) in [6.45, 7) is 0. The molecule has 18 heavy (non-hydrogen) atoms. The lowest BCUT2D eigenvalue weighted by Gasteiger charge is -1.95. The van der Waals surface area contributed by atoms with Crippen molar-refractivity contribution in [2.45, 2.75) is 6.42 Å². The van der Waals surface area contributed by atoms with Crippen LogP contribution in [0.5, 0.6) is 0 Å². The number of hydrogen-bond acceptors (Lipinski definition) is 1. The van der Waals surface area contributed by atoms with Crippen molar-refractivity contribution >= 4 is 27.8 Å². The molecular weight excluding hydrogens is 288 g/mol. The average molecular weight is 301 g/mol. The summed E-state index contributed by atoms with van der Waals surface area (Å²) in [5.74, 6) is 0.0284. The molecule has 0 fully saturated rings. The number of allylic oxidation sites excluding steroid dienone is 7. The third kappa shape index (κ3) is 3.67. The SMILES string of the molecule is O=C(/C=C/c1ccc(Br)cc1)C1=CC=CCC=C1.